The van der Waals surface area contributed by atoms with Gasteiger partial charge in [0.2, 0.25) is 11.7 Å². The molecule has 2 aromatic rings. The van der Waals surface area contributed by atoms with Crippen molar-refractivity contribution >= 4 is 5.82 Å². The minimum Gasteiger partial charge on any atom is -0.352 e. The molecule has 0 radical (unpaired) electrons. The standard InChI is InChI=1S/C13H16F3N5O/c1-8(2)6-11-18-9(20-22-11)7-21(3)10-4-5-17-12(19-10)13(14,15)16/h4-5,8H,6-7H2,1-3H3. The van der Waals surface area contributed by atoms with E-state index in [0.717, 1.165) is 6.20 Å². The van der Waals surface area contributed by atoms with Gasteiger partial charge in [-0.3, -0.25) is 0 Å². The number of anilines is 1. The van der Waals surface area contributed by atoms with Gasteiger partial charge in [0.05, 0.1) is 6.54 Å². The fourth-order valence-electron chi connectivity index (χ4n) is 1.78. The Balaban J connectivity index is 2.09. The molecule has 0 aliphatic rings. The normalized spacial score (nSPS) is 12.0. The number of halogens is 3. The van der Waals surface area contributed by atoms with Crippen molar-refractivity contribution in [3.8, 4) is 0 Å². The summed E-state index contributed by atoms with van der Waals surface area (Å²) in [5.74, 6) is 0.243. The quantitative estimate of drug-likeness (QED) is 0.845. The summed E-state index contributed by atoms with van der Waals surface area (Å²) in [6.45, 7) is 4.24. The Kier molecular flexibility index (Phi) is 4.62. The second kappa shape index (κ2) is 6.29. The summed E-state index contributed by atoms with van der Waals surface area (Å²) in [7, 11) is 1.60. The van der Waals surface area contributed by atoms with Crippen molar-refractivity contribution in [2.75, 3.05) is 11.9 Å². The highest BCUT2D eigenvalue weighted by Crippen LogP contribution is 2.27. The van der Waals surface area contributed by atoms with E-state index in [1.165, 1.54) is 11.0 Å². The third kappa shape index (κ3) is 4.15. The molecule has 9 heteroatoms. The van der Waals surface area contributed by atoms with E-state index in [4.69, 9.17) is 4.52 Å². The highest BCUT2D eigenvalue weighted by molar-refractivity contribution is 5.36. The van der Waals surface area contributed by atoms with Crippen LogP contribution in [0.25, 0.3) is 0 Å². The minimum atomic E-state index is -4.58. The molecule has 0 N–H and O–H groups in total. The van der Waals surface area contributed by atoms with E-state index in [1.54, 1.807) is 7.05 Å². The third-order valence-electron chi connectivity index (χ3n) is 2.76. The van der Waals surface area contributed by atoms with Gasteiger partial charge < -0.3 is 9.42 Å². The lowest BCUT2D eigenvalue weighted by atomic mass is 10.1. The first-order valence-electron chi connectivity index (χ1n) is 6.68. The number of hydrogen-bond donors (Lipinski definition) is 0. The lowest BCUT2D eigenvalue weighted by Crippen LogP contribution is -2.21. The van der Waals surface area contributed by atoms with Crippen LogP contribution in [0.1, 0.15) is 31.4 Å². The first-order chi connectivity index (χ1) is 10.3. The van der Waals surface area contributed by atoms with Crippen LogP contribution in [0, 0.1) is 5.92 Å². The third-order valence-corrected chi connectivity index (χ3v) is 2.76. The summed E-state index contributed by atoms with van der Waals surface area (Å²) in [4.78, 5) is 12.4. The molecule has 0 unspecified atom stereocenters. The Hall–Kier alpha value is -2.19. The van der Waals surface area contributed by atoms with Crippen LogP contribution in [-0.2, 0) is 19.1 Å². The summed E-state index contributed by atoms with van der Waals surface area (Å²) >= 11 is 0. The van der Waals surface area contributed by atoms with E-state index in [0.29, 0.717) is 24.1 Å². The van der Waals surface area contributed by atoms with E-state index >= 15 is 0 Å². The van der Waals surface area contributed by atoms with Gasteiger partial charge in [0.15, 0.2) is 5.82 Å². The fraction of sp³-hybridized carbons (Fsp3) is 0.538. The van der Waals surface area contributed by atoms with Crippen molar-refractivity contribution in [1.29, 1.82) is 0 Å². The Morgan fingerprint density at radius 3 is 2.64 bits per heavy atom. The Morgan fingerprint density at radius 1 is 1.27 bits per heavy atom. The number of alkyl halides is 3. The van der Waals surface area contributed by atoms with E-state index < -0.39 is 12.0 Å². The van der Waals surface area contributed by atoms with Gasteiger partial charge in [-0.05, 0) is 12.0 Å². The molecular weight excluding hydrogens is 299 g/mol. The zero-order chi connectivity index (χ0) is 16.3. The monoisotopic (exact) mass is 315 g/mol. The Bertz CT molecular complexity index is 626. The number of aromatic nitrogens is 4. The fourth-order valence-corrected chi connectivity index (χ4v) is 1.78. The lowest BCUT2D eigenvalue weighted by molar-refractivity contribution is -0.144. The number of nitrogens with zero attached hydrogens (tertiary/aromatic N) is 5. The maximum Gasteiger partial charge on any atom is 0.451 e. The van der Waals surface area contributed by atoms with Crippen LogP contribution in [0.4, 0.5) is 19.0 Å². The lowest BCUT2D eigenvalue weighted by Gasteiger charge is -2.16. The van der Waals surface area contributed by atoms with Gasteiger partial charge in [-0.25, -0.2) is 9.97 Å². The molecule has 0 amide bonds. The second-order valence-corrected chi connectivity index (χ2v) is 5.29. The van der Waals surface area contributed by atoms with Crippen LogP contribution < -0.4 is 4.90 Å². The van der Waals surface area contributed by atoms with Crippen LogP contribution in [0.15, 0.2) is 16.8 Å². The largest absolute Gasteiger partial charge is 0.451 e. The smallest absolute Gasteiger partial charge is 0.352 e. The average molecular weight is 315 g/mol. The topological polar surface area (TPSA) is 67.9 Å². The van der Waals surface area contributed by atoms with E-state index in [9.17, 15) is 13.2 Å². The SMILES string of the molecule is CC(C)Cc1nc(CN(C)c2ccnc(C(F)(F)F)n2)no1. The molecule has 6 nitrogen and oxygen atoms in total. The molecule has 0 fully saturated rings. The molecule has 0 saturated heterocycles. The average Bonchev–Trinajstić information content (AvgIpc) is 2.84. The van der Waals surface area contributed by atoms with Crippen LogP contribution in [0.5, 0.6) is 0 Å². The predicted molar refractivity (Wildman–Crippen MR) is 72.0 cm³/mol. The van der Waals surface area contributed by atoms with Gasteiger partial charge in [-0.2, -0.15) is 18.2 Å². The van der Waals surface area contributed by atoms with Crippen LogP contribution in [0.2, 0.25) is 0 Å². The van der Waals surface area contributed by atoms with Crippen molar-refractivity contribution in [3.63, 3.8) is 0 Å². The van der Waals surface area contributed by atoms with E-state index in [2.05, 4.69) is 20.1 Å². The number of rotatable bonds is 5. The Morgan fingerprint density at radius 2 is 2.00 bits per heavy atom. The highest BCUT2D eigenvalue weighted by Gasteiger charge is 2.34. The summed E-state index contributed by atoms with van der Waals surface area (Å²) in [5.41, 5.74) is 0. The molecule has 2 aromatic heterocycles. The molecule has 0 atom stereocenters. The molecule has 0 saturated carbocycles. The van der Waals surface area contributed by atoms with Crippen molar-refractivity contribution in [2.45, 2.75) is 33.0 Å². The van der Waals surface area contributed by atoms with Gasteiger partial charge in [-0.15, -0.1) is 0 Å². The molecule has 0 aliphatic heterocycles. The first kappa shape index (κ1) is 16.2. The molecule has 0 aliphatic carbocycles. The van der Waals surface area contributed by atoms with Gasteiger partial charge in [-0.1, -0.05) is 19.0 Å². The van der Waals surface area contributed by atoms with E-state index in [1.807, 2.05) is 13.8 Å². The van der Waals surface area contributed by atoms with Crippen LogP contribution in [0.3, 0.4) is 0 Å². The maximum atomic E-state index is 12.6. The summed E-state index contributed by atoms with van der Waals surface area (Å²) in [6, 6.07) is 1.39. The molecule has 0 aromatic carbocycles. The Labute approximate surface area is 125 Å². The molecule has 2 rings (SSSR count). The molecule has 0 spiro atoms. The maximum absolute atomic E-state index is 12.6. The van der Waals surface area contributed by atoms with Crippen molar-refractivity contribution < 1.29 is 17.7 Å². The van der Waals surface area contributed by atoms with Crippen LogP contribution in [-0.4, -0.2) is 27.2 Å². The summed E-state index contributed by atoms with van der Waals surface area (Å²) in [6.07, 6.45) is -2.85. The predicted octanol–water partition coefficient (Wildman–Crippen LogP) is 2.71. The minimum absolute atomic E-state index is 0.137. The molecule has 0 bridgehead atoms. The van der Waals surface area contributed by atoms with Gasteiger partial charge in [0, 0.05) is 19.7 Å². The molecule has 120 valence electrons. The highest BCUT2D eigenvalue weighted by atomic mass is 19.4. The van der Waals surface area contributed by atoms with Crippen molar-refractivity contribution in [1.82, 2.24) is 20.1 Å². The molecular formula is C13H16F3N5O. The van der Waals surface area contributed by atoms with Gasteiger partial charge in [0.25, 0.3) is 0 Å². The summed E-state index contributed by atoms with van der Waals surface area (Å²) < 4.78 is 42.9. The van der Waals surface area contributed by atoms with Crippen molar-refractivity contribution in [2.24, 2.45) is 5.92 Å². The van der Waals surface area contributed by atoms with Crippen LogP contribution >= 0.6 is 0 Å². The first-order valence-corrected chi connectivity index (χ1v) is 6.68. The van der Waals surface area contributed by atoms with E-state index in [-0.39, 0.29) is 12.4 Å². The van der Waals surface area contributed by atoms with Gasteiger partial charge in [0.1, 0.15) is 5.82 Å². The van der Waals surface area contributed by atoms with Crippen molar-refractivity contribution in [3.05, 3.63) is 29.8 Å². The number of hydrogen-bond acceptors (Lipinski definition) is 6. The summed E-state index contributed by atoms with van der Waals surface area (Å²) in [5, 5.41) is 3.81. The molecule has 22 heavy (non-hydrogen) atoms. The second-order valence-electron chi connectivity index (χ2n) is 5.29. The zero-order valence-corrected chi connectivity index (χ0v) is 12.4. The molecule has 2 heterocycles. The zero-order valence-electron chi connectivity index (χ0n) is 12.4. The van der Waals surface area contributed by atoms with Gasteiger partial charge >= 0.3 is 6.18 Å².